The summed E-state index contributed by atoms with van der Waals surface area (Å²) in [4.78, 5) is 60.7. The van der Waals surface area contributed by atoms with Crippen LogP contribution in [0.5, 0.6) is 5.75 Å². The third-order valence-electron chi connectivity index (χ3n) is 9.11. The zero-order valence-electron chi connectivity index (χ0n) is 29.7. The molecule has 15 heteroatoms. The maximum atomic E-state index is 14.4. The Morgan fingerprint density at radius 3 is 2.38 bits per heavy atom. The van der Waals surface area contributed by atoms with Gasteiger partial charge in [0.05, 0.1) is 23.2 Å². The number of amides is 4. The van der Waals surface area contributed by atoms with Crippen molar-refractivity contribution in [1.82, 2.24) is 29.8 Å². The lowest BCUT2D eigenvalue weighted by Crippen LogP contribution is -2.60. The molecule has 2 aliphatic carbocycles. The standard InChI is InChI=1S/C35H48N6O8S/c1-9-21-19-35(21,31(44)39-50(46,47)24-12-13-24)38-29(42)27-18-23(48-22-14-15-36-25(17-22)26-11-10-16-40(26)8)20-41(27)30(43)28(33(2,3)4)37-32(45)49-34(5,6)7/h9-11,14-17,21,23-24,27-28H,1,12-13,18-20H2,2-8H3,(H,37,45)(H,38,42)(H,39,44)/t21-,23-,27+,28-,35-/m1/s1. The van der Waals surface area contributed by atoms with Crippen LogP contribution in [0.25, 0.3) is 11.4 Å². The highest BCUT2D eigenvalue weighted by atomic mass is 32.2. The summed E-state index contributed by atoms with van der Waals surface area (Å²) in [7, 11) is -1.99. The molecule has 3 heterocycles. The Balaban J connectivity index is 1.42. The van der Waals surface area contributed by atoms with Gasteiger partial charge >= 0.3 is 6.09 Å². The van der Waals surface area contributed by atoms with Crippen LogP contribution in [0.1, 0.15) is 67.2 Å². The van der Waals surface area contributed by atoms with Crippen molar-refractivity contribution in [3.8, 4) is 17.1 Å². The van der Waals surface area contributed by atoms with E-state index in [2.05, 4.69) is 26.9 Å². The average molecular weight is 713 g/mol. The minimum atomic E-state index is -3.89. The number of rotatable bonds is 11. The first-order chi connectivity index (χ1) is 23.2. The molecule has 3 N–H and O–H groups in total. The number of aryl methyl sites for hydroxylation is 1. The molecule has 5 rings (SSSR count). The van der Waals surface area contributed by atoms with Gasteiger partial charge in [-0.25, -0.2) is 13.2 Å². The van der Waals surface area contributed by atoms with Gasteiger partial charge in [-0.05, 0) is 63.6 Å². The molecule has 2 aromatic rings. The normalized spacial score (nSPS) is 24.1. The van der Waals surface area contributed by atoms with Crippen molar-refractivity contribution in [2.75, 3.05) is 6.54 Å². The maximum absolute atomic E-state index is 14.4. The minimum Gasteiger partial charge on any atom is -0.488 e. The zero-order valence-corrected chi connectivity index (χ0v) is 30.5. The van der Waals surface area contributed by atoms with Crippen LogP contribution in [0.2, 0.25) is 0 Å². The average Bonchev–Trinajstić information content (AvgIpc) is 3.90. The van der Waals surface area contributed by atoms with E-state index in [1.54, 1.807) is 59.9 Å². The summed E-state index contributed by atoms with van der Waals surface area (Å²) in [5, 5.41) is 4.85. The summed E-state index contributed by atoms with van der Waals surface area (Å²) < 4.78 is 41.2. The summed E-state index contributed by atoms with van der Waals surface area (Å²) in [5.74, 6) is -2.07. The van der Waals surface area contributed by atoms with Crippen molar-refractivity contribution >= 4 is 33.8 Å². The molecule has 3 aliphatic rings. The number of ether oxygens (including phenoxy) is 2. The second-order valence-electron chi connectivity index (χ2n) is 15.5. The van der Waals surface area contributed by atoms with Gasteiger partial charge in [-0.2, -0.15) is 0 Å². The molecular formula is C35H48N6O8S. The van der Waals surface area contributed by atoms with Crippen LogP contribution < -0.4 is 20.1 Å². The molecule has 0 unspecified atom stereocenters. The van der Waals surface area contributed by atoms with E-state index >= 15 is 0 Å². The lowest BCUT2D eigenvalue weighted by molar-refractivity contribution is -0.143. The number of hydrogen-bond donors (Lipinski definition) is 3. The van der Waals surface area contributed by atoms with E-state index in [0.717, 1.165) is 5.69 Å². The SMILES string of the molecule is C=C[C@@H]1C[C@]1(NC(=O)[C@@H]1C[C@@H](Oc2ccnc(-c3cccn3C)c2)CN1C(=O)[C@@H](NC(=O)OC(C)(C)C)C(C)(C)C)C(=O)NS(=O)(=O)C1CC1. The largest absolute Gasteiger partial charge is 0.488 e. The van der Waals surface area contributed by atoms with Crippen LogP contribution in [-0.4, -0.2) is 87.8 Å². The van der Waals surface area contributed by atoms with Gasteiger partial charge in [0.25, 0.3) is 5.91 Å². The monoisotopic (exact) mass is 712 g/mol. The van der Waals surface area contributed by atoms with Crippen LogP contribution in [0, 0.1) is 11.3 Å². The summed E-state index contributed by atoms with van der Waals surface area (Å²) in [6, 6.07) is 5.06. The summed E-state index contributed by atoms with van der Waals surface area (Å²) in [6.45, 7) is 14.2. The first-order valence-electron chi connectivity index (χ1n) is 16.8. The lowest BCUT2D eigenvalue weighted by Gasteiger charge is -2.36. The van der Waals surface area contributed by atoms with Gasteiger partial charge < -0.3 is 29.6 Å². The number of carbonyl (C=O) groups excluding carboxylic acids is 4. The molecular weight excluding hydrogens is 664 g/mol. The van der Waals surface area contributed by atoms with Crippen molar-refractivity contribution in [1.29, 1.82) is 0 Å². The van der Waals surface area contributed by atoms with Crippen molar-refractivity contribution in [2.45, 2.75) is 102 Å². The number of hydrogen-bond acceptors (Lipinski definition) is 9. The number of nitrogens with zero attached hydrogens (tertiary/aromatic N) is 3. The molecule has 4 amide bonds. The summed E-state index contributed by atoms with van der Waals surface area (Å²) in [5.41, 5.74) is -1.62. The van der Waals surface area contributed by atoms with Crippen molar-refractivity contribution in [3.63, 3.8) is 0 Å². The highest BCUT2D eigenvalue weighted by Gasteiger charge is 2.62. The van der Waals surface area contributed by atoms with Gasteiger partial charge in [-0.3, -0.25) is 24.1 Å². The van der Waals surface area contributed by atoms with Crippen molar-refractivity contribution in [3.05, 3.63) is 49.3 Å². The van der Waals surface area contributed by atoms with E-state index in [-0.39, 0.29) is 19.4 Å². The lowest BCUT2D eigenvalue weighted by atomic mass is 9.85. The number of likely N-dealkylation sites (tertiary alicyclic amines) is 1. The number of aromatic nitrogens is 2. The van der Waals surface area contributed by atoms with E-state index in [4.69, 9.17) is 9.47 Å². The Bertz CT molecular complexity index is 1770. The highest BCUT2D eigenvalue weighted by Crippen LogP contribution is 2.45. The summed E-state index contributed by atoms with van der Waals surface area (Å²) in [6.07, 6.45) is 4.70. The fourth-order valence-corrected chi connectivity index (χ4v) is 7.54. The minimum absolute atomic E-state index is 0.0124. The number of sulfonamides is 1. The molecule has 2 aromatic heterocycles. The number of nitrogens with one attached hydrogen (secondary N) is 3. The molecule has 14 nitrogen and oxygen atoms in total. The van der Waals surface area contributed by atoms with Gasteiger partial charge in [0.15, 0.2) is 0 Å². The highest BCUT2D eigenvalue weighted by molar-refractivity contribution is 7.91. The first kappa shape index (κ1) is 36.9. The van der Waals surface area contributed by atoms with E-state index < -0.39 is 79.7 Å². The third kappa shape index (κ3) is 8.14. The molecule has 0 bridgehead atoms. The fraction of sp³-hybridized carbons (Fsp3) is 0.571. The summed E-state index contributed by atoms with van der Waals surface area (Å²) >= 11 is 0. The van der Waals surface area contributed by atoms with Crippen LogP contribution in [0.3, 0.4) is 0 Å². The Hall–Kier alpha value is -4.40. The molecule has 2 saturated carbocycles. The van der Waals surface area contributed by atoms with E-state index in [0.29, 0.717) is 24.3 Å². The first-order valence-corrected chi connectivity index (χ1v) is 18.3. The molecule has 0 radical (unpaired) electrons. The Labute approximate surface area is 293 Å². The molecule has 5 atom stereocenters. The number of alkyl carbamates (subject to hydrolysis) is 1. The van der Waals surface area contributed by atoms with Gasteiger partial charge in [-0.1, -0.05) is 26.8 Å². The maximum Gasteiger partial charge on any atom is 0.408 e. The molecule has 50 heavy (non-hydrogen) atoms. The smallest absolute Gasteiger partial charge is 0.408 e. The Kier molecular flexibility index (Phi) is 9.87. The third-order valence-corrected chi connectivity index (χ3v) is 10.9. The number of carbonyl (C=O) groups is 4. The fourth-order valence-electron chi connectivity index (χ4n) is 6.18. The molecule has 0 spiro atoms. The zero-order chi connectivity index (χ0) is 36.8. The molecule has 0 aromatic carbocycles. The predicted molar refractivity (Wildman–Crippen MR) is 185 cm³/mol. The number of pyridine rings is 1. The van der Waals surface area contributed by atoms with Gasteiger partial charge in [-0.15, -0.1) is 6.58 Å². The Morgan fingerprint density at radius 2 is 1.82 bits per heavy atom. The van der Waals surface area contributed by atoms with Crippen LogP contribution in [0.4, 0.5) is 4.79 Å². The van der Waals surface area contributed by atoms with E-state index in [1.165, 1.54) is 11.0 Å². The Morgan fingerprint density at radius 1 is 1.12 bits per heavy atom. The quantitative estimate of drug-likeness (QED) is 0.296. The van der Waals surface area contributed by atoms with E-state index in [9.17, 15) is 27.6 Å². The topological polar surface area (TPSA) is 178 Å². The van der Waals surface area contributed by atoms with Crippen molar-refractivity contribution < 1.29 is 37.1 Å². The second-order valence-corrected chi connectivity index (χ2v) is 17.5. The molecule has 272 valence electrons. The van der Waals surface area contributed by atoms with Gasteiger partial charge in [0.1, 0.15) is 35.1 Å². The van der Waals surface area contributed by atoms with Crippen LogP contribution in [0.15, 0.2) is 49.3 Å². The predicted octanol–water partition coefficient (Wildman–Crippen LogP) is 3.04. The van der Waals surface area contributed by atoms with Crippen molar-refractivity contribution in [2.24, 2.45) is 18.4 Å². The van der Waals surface area contributed by atoms with Gasteiger partial charge in [0.2, 0.25) is 21.8 Å². The molecule has 1 aliphatic heterocycles. The molecule has 1 saturated heterocycles. The van der Waals surface area contributed by atoms with Gasteiger partial charge in [0, 0.05) is 37.8 Å². The van der Waals surface area contributed by atoms with Crippen LogP contribution >= 0.6 is 0 Å². The van der Waals surface area contributed by atoms with E-state index in [1.807, 2.05) is 29.9 Å². The van der Waals surface area contributed by atoms with Crippen LogP contribution in [-0.2, 0) is 36.2 Å². The second kappa shape index (κ2) is 13.4. The molecule has 3 fully saturated rings.